The van der Waals surface area contributed by atoms with E-state index in [4.69, 9.17) is 26.4 Å². The Labute approximate surface area is 167 Å². The lowest BCUT2D eigenvalue weighted by molar-refractivity contribution is 0.0946. The van der Waals surface area contributed by atoms with E-state index in [9.17, 15) is 4.79 Å². The molecule has 0 atom stereocenters. The summed E-state index contributed by atoms with van der Waals surface area (Å²) in [6.45, 7) is 0.174. The first kappa shape index (κ1) is 19.4. The van der Waals surface area contributed by atoms with E-state index >= 15 is 0 Å². The summed E-state index contributed by atoms with van der Waals surface area (Å²) >= 11 is 5.32. The quantitative estimate of drug-likeness (QED) is 0.593. The van der Waals surface area contributed by atoms with Crippen molar-refractivity contribution in [1.82, 2.24) is 20.1 Å². The molecular formula is C19H20N4O4S. The van der Waals surface area contributed by atoms with Gasteiger partial charge in [0.05, 0.1) is 33.4 Å². The first-order chi connectivity index (χ1) is 13.6. The van der Waals surface area contributed by atoms with Crippen LogP contribution in [0.3, 0.4) is 0 Å². The Kier molecular flexibility index (Phi) is 5.95. The minimum Gasteiger partial charge on any atom is -0.497 e. The second kappa shape index (κ2) is 8.57. The van der Waals surface area contributed by atoms with Gasteiger partial charge in [0.15, 0.2) is 10.6 Å². The Morgan fingerprint density at radius 3 is 2.39 bits per heavy atom. The third-order valence-corrected chi connectivity index (χ3v) is 4.41. The standard InChI is InChI=1S/C19H20N4O4S/c1-25-13-6-4-12(5-7-13)23-17(21-22-19(23)28)11-20-18(24)15-9-8-14(26-2)10-16(15)27-3/h4-10H,11H2,1-3H3,(H,20,24)(H,22,28). The van der Waals surface area contributed by atoms with Crippen molar-refractivity contribution in [3.05, 3.63) is 58.6 Å². The van der Waals surface area contributed by atoms with Gasteiger partial charge in [-0.3, -0.25) is 14.5 Å². The fourth-order valence-electron chi connectivity index (χ4n) is 2.69. The number of methoxy groups -OCH3 is 3. The van der Waals surface area contributed by atoms with Gasteiger partial charge >= 0.3 is 0 Å². The van der Waals surface area contributed by atoms with Gasteiger partial charge in [0.2, 0.25) is 0 Å². The van der Waals surface area contributed by atoms with Crippen LogP contribution in [0.5, 0.6) is 17.2 Å². The summed E-state index contributed by atoms with van der Waals surface area (Å²) in [6, 6.07) is 12.4. The van der Waals surface area contributed by atoms with E-state index < -0.39 is 0 Å². The molecule has 8 nitrogen and oxygen atoms in total. The Hall–Kier alpha value is -3.33. The molecular weight excluding hydrogens is 380 g/mol. The molecule has 2 N–H and O–H groups in total. The Balaban J connectivity index is 1.80. The van der Waals surface area contributed by atoms with Crippen molar-refractivity contribution < 1.29 is 19.0 Å². The number of carbonyl (C=O) groups is 1. The minimum absolute atomic E-state index is 0.174. The molecule has 0 unspecified atom stereocenters. The highest BCUT2D eigenvalue weighted by molar-refractivity contribution is 7.71. The Bertz CT molecular complexity index is 1030. The highest BCUT2D eigenvalue weighted by atomic mass is 32.1. The Morgan fingerprint density at radius 1 is 1.07 bits per heavy atom. The third kappa shape index (κ3) is 3.99. The number of ether oxygens (including phenoxy) is 3. The summed E-state index contributed by atoms with van der Waals surface area (Å²) in [4.78, 5) is 12.6. The molecule has 1 heterocycles. The molecule has 0 saturated carbocycles. The smallest absolute Gasteiger partial charge is 0.255 e. The van der Waals surface area contributed by atoms with Crippen molar-refractivity contribution in [1.29, 1.82) is 0 Å². The monoisotopic (exact) mass is 400 g/mol. The normalized spacial score (nSPS) is 10.4. The topological polar surface area (TPSA) is 90.4 Å². The van der Waals surface area contributed by atoms with Crippen LogP contribution < -0.4 is 19.5 Å². The van der Waals surface area contributed by atoms with Crippen molar-refractivity contribution in [2.45, 2.75) is 6.54 Å². The zero-order valence-corrected chi connectivity index (χ0v) is 16.5. The molecule has 0 aliphatic heterocycles. The molecule has 28 heavy (non-hydrogen) atoms. The molecule has 0 saturated heterocycles. The number of benzene rings is 2. The van der Waals surface area contributed by atoms with E-state index in [0.29, 0.717) is 27.7 Å². The number of aromatic nitrogens is 3. The maximum Gasteiger partial charge on any atom is 0.255 e. The molecule has 0 spiro atoms. The number of H-pyrrole nitrogens is 1. The Morgan fingerprint density at radius 2 is 1.75 bits per heavy atom. The van der Waals surface area contributed by atoms with Gasteiger partial charge in [-0.2, -0.15) is 5.10 Å². The van der Waals surface area contributed by atoms with E-state index in [1.165, 1.54) is 7.11 Å². The molecule has 0 radical (unpaired) electrons. The van der Waals surface area contributed by atoms with Crippen molar-refractivity contribution in [2.75, 3.05) is 21.3 Å². The van der Waals surface area contributed by atoms with Gasteiger partial charge in [-0.1, -0.05) is 0 Å². The molecule has 0 bridgehead atoms. The fourth-order valence-corrected chi connectivity index (χ4v) is 2.94. The van der Waals surface area contributed by atoms with Crippen LogP contribution in [-0.2, 0) is 6.54 Å². The van der Waals surface area contributed by atoms with Gasteiger partial charge in [0.1, 0.15) is 17.2 Å². The van der Waals surface area contributed by atoms with Gasteiger partial charge in [-0.25, -0.2) is 0 Å². The molecule has 2 aromatic carbocycles. The SMILES string of the molecule is COc1ccc(-n2c(CNC(=O)c3ccc(OC)cc3OC)n[nH]c2=S)cc1. The number of nitrogens with one attached hydrogen (secondary N) is 2. The summed E-state index contributed by atoms with van der Waals surface area (Å²) in [5.74, 6) is 2.03. The number of carbonyl (C=O) groups excluding carboxylic acids is 1. The fraction of sp³-hybridized carbons (Fsp3) is 0.211. The molecule has 1 aromatic heterocycles. The zero-order chi connectivity index (χ0) is 20.1. The maximum atomic E-state index is 12.6. The second-order valence-corrected chi connectivity index (χ2v) is 6.11. The van der Waals surface area contributed by atoms with Gasteiger partial charge in [0.25, 0.3) is 5.91 Å². The molecule has 0 aliphatic carbocycles. The lowest BCUT2D eigenvalue weighted by atomic mass is 10.1. The highest BCUT2D eigenvalue weighted by Gasteiger charge is 2.15. The summed E-state index contributed by atoms with van der Waals surface area (Å²) in [7, 11) is 4.66. The first-order valence-electron chi connectivity index (χ1n) is 8.38. The van der Waals surface area contributed by atoms with Crippen LogP contribution in [0.15, 0.2) is 42.5 Å². The number of aromatic amines is 1. The van der Waals surface area contributed by atoms with E-state index in [1.54, 1.807) is 37.0 Å². The van der Waals surface area contributed by atoms with Crippen LogP contribution in [0.2, 0.25) is 0 Å². The van der Waals surface area contributed by atoms with Crippen LogP contribution in [0.1, 0.15) is 16.2 Å². The number of hydrogen-bond donors (Lipinski definition) is 2. The molecule has 146 valence electrons. The third-order valence-electron chi connectivity index (χ3n) is 4.13. The largest absolute Gasteiger partial charge is 0.497 e. The van der Waals surface area contributed by atoms with Crippen LogP contribution in [0.25, 0.3) is 5.69 Å². The van der Waals surface area contributed by atoms with Crippen LogP contribution in [0, 0.1) is 4.77 Å². The summed E-state index contributed by atoms with van der Waals surface area (Å²) in [6.07, 6.45) is 0. The second-order valence-electron chi connectivity index (χ2n) is 5.73. The highest BCUT2D eigenvalue weighted by Crippen LogP contribution is 2.24. The van der Waals surface area contributed by atoms with Crippen molar-refractivity contribution >= 4 is 18.1 Å². The minimum atomic E-state index is -0.297. The van der Waals surface area contributed by atoms with Gasteiger partial charge < -0.3 is 19.5 Å². The molecule has 0 aliphatic rings. The summed E-state index contributed by atoms with van der Waals surface area (Å²) < 4.78 is 17.8. The van der Waals surface area contributed by atoms with Gasteiger partial charge in [-0.05, 0) is 48.6 Å². The zero-order valence-electron chi connectivity index (χ0n) is 15.7. The number of nitrogens with zero attached hydrogens (tertiary/aromatic N) is 2. The summed E-state index contributed by atoms with van der Waals surface area (Å²) in [5.41, 5.74) is 1.21. The van der Waals surface area contributed by atoms with E-state index in [1.807, 2.05) is 24.3 Å². The lowest BCUT2D eigenvalue weighted by Gasteiger charge is -2.11. The number of rotatable bonds is 7. The van der Waals surface area contributed by atoms with Crippen molar-refractivity contribution in [3.8, 4) is 22.9 Å². The van der Waals surface area contributed by atoms with Crippen molar-refractivity contribution in [3.63, 3.8) is 0 Å². The number of amides is 1. The first-order valence-corrected chi connectivity index (χ1v) is 8.79. The van der Waals surface area contributed by atoms with E-state index in [2.05, 4.69) is 15.5 Å². The van der Waals surface area contributed by atoms with Crippen LogP contribution >= 0.6 is 12.2 Å². The average Bonchev–Trinajstić information content (AvgIpc) is 3.11. The molecule has 3 rings (SSSR count). The predicted molar refractivity (Wildman–Crippen MR) is 106 cm³/mol. The number of hydrogen-bond acceptors (Lipinski definition) is 6. The van der Waals surface area contributed by atoms with E-state index in [0.717, 1.165) is 11.4 Å². The average molecular weight is 400 g/mol. The molecule has 3 aromatic rings. The van der Waals surface area contributed by atoms with Gasteiger partial charge in [-0.15, -0.1) is 0 Å². The van der Waals surface area contributed by atoms with Crippen molar-refractivity contribution in [2.24, 2.45) is 0 Å². The van der Waals surface area contributed by atoms with Gasteiger partial charge in [0, 0.05) is 11.8 Å². The van der Waals surface area contributed by atoms with Crippen LogP contribution in [0.4, 0.5) is 0 Å². The van der Waals surface area contributed by atoms with Crippen LogP contribution in [-0.4, -0.2) is 42.0 Å². The molecule has 1 amide bonds. The molecule has 0 fully saturated rings. The lowest BCUT2D eigenvalue weighted by Crippen LogP contribution is -2.25. The maximum absolute atomic E-state index is 12.6. The predicted octanol–water partition coefficient (Wildman–Crippen LogP) is 2.89. The van der Waals surface area contributed by atoms with E-state index in [-0.39, 0.29) is 12.5 Å². The summed E-state index contributed by atoms with van der Waals surface area (Å²) in [5, 5.41) is 9.82. The molecule has 9 heteroatoms.